The molecule has 2 fully saturated rings. The summed E-state index contributed by atoms with van der Waals surface area (Å²) in [5, 5.41) is 8.88. The van der Waals surface area contributed by atoms with Crippen molar-refractivity contribution in [3.05, 3.63) is 41.5 Å². The first kappa shape index (κ1) is 20.2. The molecule has 1 nitrogen and oxygen atoms in total. The number of benzene rings is 1. The summed E-state index contributed by atoms with van der Waals surface area (Å²) in [4.78, 5) is 0. The Morgan fingerprint density at radius 1 is 0.815 bits per heavy atom. The molecule has 3 rings (SSSR count). The quantitative estimate of drug-likeness (QED) is 0.485. The second kappa shape index (κ2) is 10.7. The van der Waals surface area contributed by atoms with Gasteiger partial charge in [-0.05, 0) is 67.1 Å². The normalized spacial score (nSPS) is 28.9. The highest BCUT2D eigenvalue weighted by Gasteiger charge is 2.23. The van der Waals surface area contributed by atoms with Gasteiger partial charge in [0.2, 0.25) is 0 Å². The number of nitriles is 1. The topological polar surface area (TPSA) is 23.8 Å². The van der Waals surface area contributed by atoms with Crippen LogP contribution in [0.15, 0.2) is 30.3 Å². The van der Waals surface area contributed by atoms with Gasteiger partial charge in [-0.25, -0.2) is 0 Å². The third-order valence-electron chi connectivity index (χ3n) is 7.14. The molecule has 2 aliphatic rings. The van der Waals surface area contributed by atoms with Gasteiger partial charge in [-0.15, -0.1) is 0 Å². The van der Waals surface area contributed by atoms with Gasteiger partial charge in [0.1, 0.15) is 0 Å². The lowest BCUT2D eigenvalue weighted by atomic mass is 9.75. The van der Waals surface area contributed by atoms with Crippen molar-refractivity contribution in [3.63, 3.8) is 0 Å². The Morgan fingerprint density at radius 3 is 1.85 bits per heavy atom. The van der Waals surface area contributed by atoms with Gasteiger partial charge in [-0.2, -0.15) is 5.26 Å². The summed E-state index contributed by atoms with van der Waals surface area (Å²) in [6.45, 7) is 2.34. The standard InChI is InChI=1S/C26H37N/c1-2-3-21-4-6-22(7-5-21)8-9-23-10-12-24(13-11-23)14-15-25-16-18-26(20-27)19-17-25/h14-19,21-24H,2-13H2,1H3/t21-,22-,23?,24?. The Kier molecular flexibility index (Phi) is 8.00. The number of rotatable bonds is 7. The molecule has 0 radical (unpaired) electrons. The van der Waals surface area contributed by atoms with Crippen LogP contribution in [0.5, 0.6) is 0 Å². The first-order valence-electron chi connectivity index (χ1n) is 11.4. The van der Waals surface area contributed by atoms with E-state index in [4.69, 9.17) is 5.26 Å². The summed E-state index contributed by atoms with van der Waals surface area (Å²) in [5.74, 6) is 3.82. The van der Waals surface area contributed by atoms with Crippen LogP contribution < -0.4 is 0 Å². The number of hydrogen-bond acceptors (Lipinski definition) is 1. The minimum Gasteiger partial charge on any atom is -0.192 e. The lowest BCUT2D eigenvalue weighted by molar-refractivity contribution is 0.221. The van der Waals surface area contributed by atoms with Gasteiger partial charge >= 0.3 is 0 Å². The van der Waals surface area contributed by atoms with Crippen molar-refractivity contribution in [2.45, 2.75) is 84.0 Å². The molecular weight excluding hydrogens is 326 g/mol. The predicted molar refractivity (Wildman–Crippen MR) is 115 cm³/mol. The van der Waals surface area contributed by atoms with E-state index in [1.807, 2.05) is 12.1 Å². The average molecular weight is 364 g/mol. The minimum atomic E-state index is 0.742. The van der Waals surface area contributed by atoms with E-state index < -0.39 is 0 Å². The lowest BCUT2D eigenvalue weighted by Gasteiger charge is -2.31. The second-order valence-corrected chi connectivity index (χ2v) is 9.13. The molecule has 0 aromatic heterocycles. The smallest absolute Gasteiger partial charge is 0.0991 e. The van der Waals surface area contributed by atoms with Gasteiger partial charge < -0.3 is 0 Å². The maximum absolute atomic E-state index is 8.88. The predicted octanol–water partition coefficient (Wildman–Crippen LogP) is 7.76. The van der Waals surface area contributed by atoms with E-state index in [-0.39, 0.29) is 0 Å². The fraction of sp³-hybridized carbons (Fsp3) is 0.654. The molecular formula is C26H37N. The molecule has 146 valence electrons. The van der Waals surface area contributed by atoms with Crippen molar-refractivity contribution in [1.29, 1.82) is 5.26 Å². The highest BCUT2D eigenvalue weighted by Crippen LogP contribution is 2.37. The van der Waals surface area contributed by atoms with Crippen LogP contribution in [-0.2, 0) is 0 Å². The summed E-state index contributed by atoms with van der Waals surface area (Å²) in [6.07, 6.45) is 22.1. The molecule has 2 saturated carbocycles. The van der Waals surface area contributed by atoms with E-state index in [9.17, 15) is 0 Å². The van der Waals surface area contributed by atoms with Crippen LogP contribution in [-0.4, -0.2) is 0 Å². The van der Waals surface area contributed by atoms with Crippen LogP contribution in [0.2, 0.25) is 0 Å². The zero-order valence-electron chi connectivity index (χ0n) is 17.2. The van der Waals surface area contributed by atoms with Crippen molar-refractivity contribution >= 4 is 6.08 Å². The minimum absolute atomic E-state index is 0.742. The Bertz CT molecular complexity index is 605. The first-order valence-corrected chi connectivity index (χ1v) is 11.4. The van der Waals surface area contributed by atoms with Crippen molar-refractivity contribution in [2.75, 3.05) is 0 Å². The average Bonchev–Trinajstić information content (AvgIpc) is 2.73. The second-order valence-electron chi connectivity index (χ2n) is 9.13. The van der Waals surface area contributed by atoms with Crippen LogP contribution in [0.1, 0.15) is 95.1 Å². The largest absolute Gasteiger partial charge is 0.192 e. The molecule has 0 aliphatic heterocycles. The maximum Gasteiger partial charge on any atom is 0.0991 e. The van der Waals surface area contributed by atoms with E-state index in [2.05, 4.69) is 37.3 Å². The molecule has 0 amide bonds. The molecule has 1 aromatic rings. The van der Waals surface area contributed by atoms with Gasteiger partial charge in [0, 0.05) is 0 Å². The number of hydrogen-bond donors (Lipinski definition) is 0. The summed E-state index contributed by atoms with van der Waals surface area (Å²) in [5.41, 5.74) is 1.96. The van der Waals surface area contributed by atoms with Crippen molar-refractivity contribution in [2.24, 2.45) is 23.7 Å². The van der Waals surface area contributed by atoms with E-state index in [0.29, 0.717) is 0 Å². The van der Waals surface area contributed by atoms with E-state index >= 15 is 0 Å². The Morgan fingerprint density at radius 2 is 1.33 bits per heavy atom. The SMILES string of the molecule is CCC[C@H]1CC[C@H](CCC2CCC(C=Cc3ccc(C#N)cc3)CC2)CC1. The van der Waals surface area contributed by atoms with E-state index in [1.165, 1.54) is 82.6 Å². The molecule has 2 aliphatic carbocycles. The summed E-state index contributed by atoms with van der Waals surface area (Å²) < 4.78 is 0. The van der Waals surface area contributed by atoms with Gasteiger partial charge in [0.05, 0.1) is 11.6 Å². The van der Waals surface area contributed by atoms with E-state index in [1.54, 1.807) is 0 Å². The molecule has 1 heteroatoms. The molecule has 0 N–H and O–H groups in total. The monoisotopic (exact) mass is 363 g/mol. The molecule has 1 aromatic carbocycles. The van der Waals surface area contributed by atoms with Crippen molar-refractivity contribution < 1.29 is 0 Å². The Balaban J connectivity index is 1.33. The highest BCUT2D eigenvalue weighted by atomic mass is 14.3. The summed E-state index contributed by atoms with van der Waals surface area (Å²) >= 11 is 0. The van der Waals surface area contributed by atoms with Gasteiger partial charge in [-0.1, -0.05) is 82.6 Å². The summed E-state index contributed by atoms with van der Waals surface area (Å²) in [6, 6.07) is 10.1. The molecule has 27 heavy (non-hydrogen) atoms. The van der Waals surface area contributed by atoms with Gasteiger partial charge in [-0.3, -0.25) is 0 Å². The van der Waals surface area contributed by atoms with Crippen LogP contribution in [0, 0.1) is 35.0 Å². The zero-order valence-corrected chi connectivity index (χ0v) is 17.2. The highest BCUT2D eigenvalue weighted by molar-refractivity contribution is 5.51. The fourth-order valence-corrected chi connectivity index (χ4v) is 5.27. The Labute approximate surface area is 166 Å². The van der Waals surface area contributed by atoms with Crippen molar-refractivity contribution in [3.8, 4) is 6.07 Å². The van der Waals surface area contributed by atoms with Crippen LogP contribution in [0.4, 0.5) is 0 Å². The van der Waals surface area contributed by atoms with Crippen LogP contribution in [0.3, 0.4) is 0 Å². The van der Waals surface area contributed by atoms with Crippen molar-refractivity contribution in [1.82, 2.24) is 0 Å². The molecule has 0 heterocycles. The summed E-state index contributed by atoms with van der Waals surface area (Å²) in [7, 11) is 0. The van der Waals surface area contributed by atoms with Crippen LogP contribution in [0.25, 0.3) is 6.08 Å². The molecule has 0 spiro atoms. The molecule has 0 bridgehead atoms. The molecule has 0 unspecified atom stereocenters. The number of nitrogens with zero attached hydrogens (tertiary/aromatic N) is 1. The maximum atomic E-state index is 8.88. The molecule has 0 atom stereocenters. The third-order valence-corrected chi connectivity index (χ3v) is 7.14. The number of allylic oxidation sites excluding steroid dienone is 1. The molecule has 0 saturated heterocycles. The Hall–Kier alpha value is -1.55. The van der Waals surface area contributed by atoms with Crippen LogP contribution >= 0.6 is 0 Å². The van der Waals surface area contributed by atoms with Gasteiger partial charge in [0.25, 0.3) is 0 Å². The first-order chi connectivity index (χ1) is 13.3. The van der Waals surface area contributed by atoms with E-state index in [0.717, 1.165) is 29.2 Å². The zero-order chi connectivity index (χ0) is 18.9. The third kappa shape index (κ3) is 6.53. The fourth-order valence-electron chi connectivity index (χ4n) is 5.27. The lowest BCUT2D eigenvalue weighted by Crippen LogP contribution is -2.17. The van der Waals surface area contributed by atoms with Gasteiger partial charge in [0.15, 0.2) is 0 Å².